The van der Waals surface area contributed by atoms with Gasteiger partial charge in [-0.15, -0.1) is 24.0 Å². The van der Waals surface area contributed by atoms with E-state index in [1.54, 1.807) is 6.20 Å². The Bertz CT molecular complexity index is 615. The first-order valence-corrected chi connectivity index (χ1v) is 8.41. The molecule has 1 aliphatic rings. The maximum atomic E-state index is 4.34. The van der Waals surface area contributed by atoms with E-state index < -0.39 is 0 Å². The minimum atomic E-state index is 0. The van der Waals surface area contributed by atoms with Crippen LogP contribution in [0.1, 0.15) is 37.7 Å². The van der Waals surface area contributed by atoms with Crippen LogP contribution in [0.5, 0.6) is 0 Å². The van der Waals surface area contributed by atoms with Crippen molar-refractivity contribution in [2.24, 2.45) is 4.99 Å². The Morgan fingerprint density at radius 3 is 2.58 bits per heavy atom. The van der Waals surface area contributed by atoms with Crippen LogP contribution in [0.15, 0.2) is 47.7 Å². The third-order valence-electron chi connectivity index (χ3n) is 4.33. The Hall–Kier alpha value is -1.57. The van der Waals surface area contributed by atoms with E-state index in [1.165, 1.54) is 37.7 Å². The normalized spacial score (nSPS) is 15.6. The van der Waals surface area contributed by atoms with E-state index in [9.17, 15) is 0 Å². The molecule has 0 unspecified atom stereocenters. The molecule has 3 rings (SSSR count). The molecule has 1 saturated carbocycles. The highest BCUT2D eigenvalue weighted by atomic mass is 127. The molecule has 0 atom stereocenters. The van der Waals surface area contributed by atoms with Gasteiger partial charge in [-0.2, -0.15) is 5.10 Å². The molecule has 1 heterocycles. The van der Waals surface area contributed by atoms with Crippen molar-refractivity contribution in [1.29, 1.82) is 0 Å². The third kappa shape index (κ3) is 5.22. The number of hydrogen-bond donors (Lipinski definition) is 2. The maximum absolute atomic E-state index is 4.34. The molecule has 0 radical (unpaired) electrons. The second kappa shape index (κ2) is 9.66. The van der Waals surface area contributed by atoms with Crippen molar-refractivity contribution in [3.63, 3.8) is 0 Å². The fourth-order valence-electron chi connectivity index (χ4n) is 3.01. The lowest BCUT2D eigenvalue weighted by molar-refractivity contribution is 0.410. The monoisotopic (exact) mass is 439 g/mol. The summed E-state index contributed by atoms with van der Waals surface area (Å²) in [4.78, 5) is 4.34. The molecule has 2 aromatic rings. The first kappa shape index (κ1) is 18.8. The van der Waals surface area contributed by atoms with Gasteiger partial charge in [-0.1, -0.05) is 31.4 Å². The van der Waals surface area contributed by atoms with Gasteiger partial charge < -0.3 is 10.6 Å². The summed E-state index contributed by atoms with van der Waals surface area (Å²) >= 11 is 0. The summed E-state index contributed by atoms with van der Waals surface area (Å²) in [6.07, 6.45) is 10.2. The van der Waals surface area contributed by atoms with Crippen LogP contribution in [0.4, 0.5) is 0 Å². The highest BCUT2D eigenvalue weighted by Crippen LogP contribution is 2.17. The Kier molecular flexibility index (Phi) is 7.55. The molecule has 24 heavy (non-hydrogen) atoms. The third-order valence-corrected chi connectivity index (χ3v) is 4.33. The van der Waals surface area contributed by atoms with E-state index in [0.717, 1.165) is 18.2 Å². The molecule has 1 aromatic heterocycles. The lowest BCUT2D eigenvalue weighted by atomic mass is 9.96. The first-order chi connectivity index (χ1) is 11.3. The molecular weight excluding hydrogens is 413 g/mol. The maximum Gasteiger partial charge on any atom is 0.191 e. The van der Waals surface area contributed by atoms with Gasteiger partial charge in [0, 0.05) is 32.0 Å². The molecule has 130 valence electrons. The first-order valence-electron chi connectivity index (χ1n) is 8.41. The largest absolute Gasteiger partial charge is 0.354 e. The highest BCUT2D eigenvalue weighted by molar-refractivity contribution is 14.0. The summed E-state index contributed by atoms with van der Waals surface area (Å²) in [7, 11) is 1.83. The molecule has 5 nitrogen and oxygen atoms in total. The van der Waals surface area contributed by atoms with E-state index in [0.29, 0.717) is 6.04 Å². The zero-order chi connectivity index (χ0) is 15.9. The summed E-state index contributed by atoms with van der Waals surface area (Å²) in [5.74, 6) is 0.896. The molecule has 0 aliphatic heterocycles. The lowest BCUT2D eigenvalue weighted by Crippen LogP contribution is -2.43. The summed E-state index contributed by atoms with van der Waals surface area (Å²) in [5, 5.41) is 11.2. The average molecular weight is 439 g/mol. The van der Waals surface area contributed by atoms with Crippen molar-refractivity contribution in [3.05, 3.63) is 48.3 Å². The number of rotatable bonds is 4. The molecule has 0 spiro atoms. The number of aromatic nitrogens is 2. The van der Waals surface area contributed by atoms with Crippen molar-refractivity contribution in [1.82, 2.24) is 20.4 Å². The summed E-state index contributed by atoms with van der Waals surface area (Å²) in [6.45, 7) is 0.770. The van der Waals surface area contributed by atoms with Crippen LogP contribution < -0.4 is 10.6 Å². The minimum absolute atomic E-state index is 0. The van der Waals surface area contributed by atoms with E-state index in [1.807, 2.05) is 24.0 Å². The quantitative estimate of drug-likeness (QED) is 0.436. The van der Waals surface area contributed by atoms with Gasteiger partial charge in [0.05, 0.1) is 5.69 Å². The zero-order valence-electron chi connectivity index (χ0n) is 14.1. The molecule has 1 fully saturated rings. The van der Waals surface area contributed by atoms with Gasteiger partial charge in [0.15, 0.2) is 5.96 Å². The minimum Gasteiger partial charge on any atom is -0.354 e. The number of halogens is 1. The number of hydrogen-bond acceptors (Lipinski definition) is 2. The topological polar surface area (TPSA) is 54.2 Å². The fraction of sp³-hybridized carbons (Fsp3) is 0.444. The van der Waals surface area contributed by atoms with Crippen molar-refractivity contribution < 1.29 is 0 Å². The number of guanidine groups is 1. The average Bonchev–Trinajstić information content (AvgIpc) is 3.14. The van der Waals surface area contributed by atoms with Gasteiger partial charge in [0.1, 0.15) is 0 Å². The number of nitrogens with zero attached hydrogens (tertiary/aromatic N) is 3. The predicted octanol–water partition coefficient (Wildman–Crippen LogP) is 3.49. The molecule has 0 amide bonds. The van der Waals surface area contributed by atoms with Gasteiger partial charge in [0.2, 0.25) is 0 Å². The van der Waals surface area contributed by atoms with E-state index in [4.69, 9.17) is 0 Å². The predicted molar refractivity (Wildman–Crippen MR) is 109 cm³/mol. The molecule has 1 aromatic carbocycles. The van der Waals surface area contributed by atoms with Gasteiger partial charge in [-0.3, -0.25) is 4.99 Å². The van der Waals surface area contributed by atoms with Crippen LogP contribution in [-0.4, -0.2) is 28.8 Å². The van der Waals surface area contributed by atoms with Crippen molar-refractivity contribution in [3.8, 4) is 5.69 Å². The molecular formula is C18H26IN5. The smallest absolute Gasteiger partial charge is 0.191 e. The van der Waals surface area contributed by atoms with Crippen molar-refractivity contribution in [2.75, 3.05) is 7.05 Å². The van der Waals surface area contributed by atoms with Crippen molar-refractivity contribution in [2.45, 2.75) is 44.7 Å². The van der Waals surface area contributed by atoms with Crippen LogP contribution in [0.3, 0.4) is 0 Å². The SMILES string of the molecule is CN=C(NCc1ccc(-n2cccn2)cc1)NC1CCCCC1.I. The van der Waals surface area contributed by atoms with Gasteiger partial charge in [-0.05, 0) is 36.6 Å². The van der Waals surface area contributed by atoms with Crippen molar-refractivity contribution >= 4 is 29.9 Å². The van der Waals surface area contributed by atoms with E-state index in [2.05, 4.69) is 45.0 Å². The number of benzene rings is 1. The molecule has 0 saturated heterocycles. The summed E-state index contributed by atoms with van der Waals surface area (Å²) < 4.78 is 1.86. The van der Waals surface area contributed by atoms with Crippen LogP contribution >= 0.6 is 24.0 Å². The van der Waals surface area contributed by atoms with E-state index in [-0.39, 0.29) is 24.0 Å². The van der Waals surface area contributed by atoms with Crippen LogP contribution in [0, 0.1) is 0 Å². The Morgan fingerprint density at radius 1 is 1.21 bits per heavy atom. The second-order valence-corrected chi connectivity index (χ2v) is 6.02. The molecule has 1 aliphatic carbocycles. The molecule has 2 N–H and O–H groups in total. The molecule has 6 heteroatoms. The fourth-order valence-corrected chi connectivity index (χ4v) is 3.01. The lowest BCUT2D eigenvalue weighted by Gasteiger charge is -2.24. The zero-order valence-corrected chi connectivity index (χ0v) is 16.4. The van der Waals surface area contributed by atoms with Crippen LogP contribution in [0.2, 0.25) is 0 Å². The van der Waals surface area contributed by atoms with Crippen LogP contribution in [-0.2, 0) is 6.54 Å². The summed E-state index contributed by atoms with van der Waals surface area (Å²) in [6, 6.07) is 10.9. The van der Waals surface area contributed by atoms with Gasteiger partial charge in [0.25, 0.3) is 0 Å². The Morgan fingerprint density at radius 2 is 1.96 bits per heavy atom. The van der Waals surface area contributed by atoms with E-state index >= 15 is 0 Å². The van der Waals surface area contributed by atoms with Crippen LogP contribution in [0.25, 0.3) is 5.69 Å². The Balaban J connectivity index is 0.00000208. The second-order valence-electron chi connectivity index (χ2n) is 6.02. The highest BCUT2D eigenvalue weighted by Gasteiger charge is 2.14. The van der Waals surface area contributed by atoms with Gasteiger partial charge in [-0.25, -0.2) is 4.68 Å². The summed E-state index contributed by atoms with van der Waals surface area (Å²) in [5.41, 5.74) is 2.30. The molecule has 0 bridgehead atoms. The van der Waals surface area contributed by atoms with Gasteiger partial charge >= 0.3 is 0 Å². The standard InChI is InChI=1S/C18H25N5.HI/c1-19-18(22-16-6-3-2-4-7-16)20-14-15-8-10-17(11-9-15)23-13-5-12-21-23;/h5,8-13,16H,2-4,6-7,14H2,1H3,(H2,19,20,22);1H. The Labute approximate surface area is 161 Å². The number of nitrogens with one attached hydrogen (secondary N) is 2. The number of aliphatic imine (C=N–C) groups is 1.